The number of rotatable bonds is 2. The zero-order valence-corrected chi connectivity index (χ0v) is 9.87. The summed E-state index contributed by atoms with van der Waals surface area (Å²) in [5.41, 5.74) is 2.13. The lowest BCUT2D eigenvalue weighted by atomic mass is 10.1. The zero-order valence-electron chi connectivity index (χ0n) is 9.11. The minimum atomic E-state index is -0.192. The van der Waals surface area contributed by atoms with E-state index < -0.39 is 0 Å². The van der Waals surface area contributed by atoms with Crippen molar-refractivity contribution in [2.45, 2.75) is 18.8 Å². The second kappa shape index (κ2) is 4.00. The van der Waals surface area contributed by atoms with Gasteiger partial charge in [0.1, 0.15) is 0 Å². The Bertz CT molecular complexity index is 617. The molecule has 1 fully saturated rings. The van der Waals surface area contributed by atoms with E-state index in [2.05, 4.69) is 10.2 Å². The summed E-state index contributed by atoms with van der Waals surface area (Å²) in [5.74, 6) is 0.507. The Morgan fingerprint density at radius 2 is 2.00 bits per heavy atom. The van der Waals surface area contributed by atoms with E-state index in [1.54, 1.807) is 6.07 Å². The van der Waals surface area contributed by atoms with Gasteiger partial charge in [0, 0.05) is 16.5 Å². The van der Waals surface area contributed by atoms with E-state index in [4.69, 9.17) is 11.6 Å². The van der Waals surface area contributed by atoms with Crippen LogP contribution in [-0.2, 0) is 0 Å². The molecule has 0 atom stereocenters. The van der Waals surface area contributed by atoms with E-state index in [1.807, 2.05) is 24.3 Å². The highest BCUT2D eigenvalue weighted by atomic mass is 35.5. The van der Waals surface area contributed by atoms with Crippen LogP contribution in [0.25, 0.3) is 11.1 Å². The number of nitrogens with zero attached hydrogens (tertiary/aromatic N) is 1. The van der Waals surface area contributed by atoms with Gasteiger partial charge in [-0.1, -0.05) is 29.8 Å². The van der Waals surface area contributed by atoms with Crippen LogP contribution in [0.4, 0.5) is 0 Å². The third kappa shape index (κ3) is 1.98. The molecule has 3 nitrogen and oxygen atoms in total. The highest BCUT2D eigenvalue weighted by Gasteiger charge is 2.26. The van der Waals surface area contributed by atoms with Gasteiger partial charge in [-0.05, 0) is 25.0 Å². The second-order valence-electron chi connectivity index (χ2n) is 4.29. The van der Waals surface area contributed by atoms with Crippen molar-refractivity contribution in [1.82, 2.24) is 10.2 Å². The molecule has 1 N–H and O–H groups in total. The molecule has 0 unspecified atom stereocenters. The molecule has 1 heterocycles. The lowest BCUT2D eigenvalue weighted by Crippen LogP contribution is -2.12. The first kappa shape index (κ1) is 10.5. The number of benzene rings is 1. The monoisotopic (exact) mass is 246 g/mol. The molecular formula is C13H11ClN2O. The molecule has 0 bridgehead atoms. The molecule has 0 amide bonds. The Morgan fingerprint density at radius 3 is 2.71 bits per heavy atom. The lowest BCUT2D eigenvalue weighted by Gasteiger charge is -2.04. The zero-order chi connectivity index (χ0) is 11.8. The molecule has 2 aromatic rings. The van der Waals surface area contributed by atoms with Gasteiger partial charge in [0.15, 0.2) is 0 Å². The van der Waals surface area contributed by atoms with Crippen molar-refractivity contribution >= 4 is 11.6 Å². The van der Waals surface area contributed by atoms with Gasteiger partial charge in [0.2, 0.25) is 0 Å². The Kier molecular flexibility index (Phi) is 2.48. The average molecular weight is 247 g/mol. The van der Waals surface area contributed by atoms with E-state index in [1.165, 1.54) is 0 Å². The highest BCUT2D eigenvalue weighted by Crippen LogP contribution is 2.39. The number of aromatic nitrogens is 2. The molecule has 3 rings (SSSR count). The van der Waals surface area contributed by atoms with Crippen LogP contribution in [-0.4, -0.2) is 10.2 Å². The molecule has 0 aliphatic heterocycles. The molecular weight excluding hydrogens is 236 g/mol. The van der Waals surface area contributed by atoms with Crippen LogP contribution in [0.2, 0.25) is 5.02 Å². The van der Waals surface area contributed by atoms with Crippen LogP contribution in [0, 0.1) is 0 Å². The first-order valence-corrected chi connectivity index (χ1v) is 5.98. The normalized spacial score (nSPS) is 14.9. The standard InChI is InChI=1S/C13H11ClN2O/c14-11-4-2-1-3-9(11)10-7-12(8-5-6-8)15-16-13(10)17/h1-4,7-8H,5-6H2,(H,16,17). The third-order valence-electron chi connectivity index (χ3n) is 2.98. The number of aromatic amines is 1. The minimum absolute atomic E-state index is 0.192. The lowest BCUT2D eigenvalue weighted by molar-refractivity contribution is 0.890. The molecule has 4 heteroatoms. The number of hydrogen-bond donors (Lipinski definition) is 1. The van der Waals surface area contributed by atoms with Crippen molar-refractivity contribution in [3.63, 3.8) is 0 Å². The highest BCUT2D eigenvalue weighted by molar-refractivity contribution is 6.33. The molecule has 1 aromatic carbocycles. The maximum atomic E-state index is 11.8. The topological polar surface area (TPSA) is 45.8 Å². The molecule has 0 radical (unpaired) electrons. The minimum Gasteiger partial charge on any atom is -0.267 e. The van der Waals surface area contributed by atoms with Crippen LogP contribution < -0.4 is 5.56 Å². The summed E-state index contributed by atoms with van der Waals surface area (Å²) in [6.45, 7) is 0. The molecule has 1 aliphatic carbocycles. The third-order valence-corrected chi connectivity index (χ3v) is 3.31. The SMILES string of the molecule is O=c1[nH]nc(C2CC2)cc1-c1ccccc1Cl. The Morgan fingerprint density at radius 1 is 1.24 bits per heavy atom. The number of nitrogens with one attached hydrogen (secondary N) is 1. The van der Waals surface area contributed by atoms with E-state index in [0.717, 1.165) is 24.1 Å². The molecule has 17 heavy (non-hydrogen) atoms. The Hall–Kier alpha value is -1.61. The predicted molar refractivity (Wildman–Crippen MR) is 67.3 cm³/mol. The van der Waals surface area contributed by atoms with E-state index in [-0.39, 0.29) is 5.56 Å². The first-order valence-electron chi connectivity index (χ1n) is 5.60. The maximum Gasteiger partial charge on any atom is 0.272 e. The largest absolute Gasteiger partial charge is 0.272 e. The quantitative estimate of drug-likeness (QED) is 0.886. The smallest absolute Gasteiger partial charge is 0.267 e. The fourth-order valence-corrected chi connectivity index (χ4v) is 2.13. The van der Waals surface area contributed by atoms with Crippen LogP contribution in [0.1, 0.15) is 24.5 Å². The summed E-state index contributed by atoms with van der Waals surface area (Å²) in [6.07, 6.45) is 2.31. The van der Waals surface area contributed by atoms with Gasteiger partial charge >= 0.3 is 0 Å². The van der Waals surface area contributed by atoms with Crippen LogP contribution in [0.15, 0.2) is 35.1 Å². The summed E-state index contributed by atoms with van der Waals surface area (Å²) in [6, 6.07) is 9.22. The summed E-state index contributed by atoms with van der Waals surface area (Å²) in [5, 5.41) is 7.22. The Balaban J connectivity index is 2.16. The summed E-state index contributed by atoms with van der Waals surface area (Å²) in [7, 11) is 0. The van der Waals surface area contributed by atoms with Crippen LogP contribution in [0.3, 0.4) is 0 Å². The van der Waals surface area contributed by atoms with Crippen molar-refractivity contribution in [3.8, 4) is 11.1 Å². The van der Waals surface area contributed by atoms with Crippen molar-refractivity contribution in [2.24, 2.45) is 0 Å². The fourth-order valence-electron chi connectivity index (χ4n) is 1.89. The van der Waals surface area contributed by atoms with Crippen LogP contribution in [0.5, 0.6) is 0 Å². The van der Waals surface area contributed by atoms with Crippen molar-refractivity contribution in [3.05, 3.63) is 51.4 Å². The molecule has 0 spiro atoms. The van der Waals surface area contributed by atoms with Gasteiger partial charge < -0.3 is 0 Å². The van der Waals surface area contributed by atoms with Crippen molar-refractivity contribution in [2.75, 3.05) is 0 Å². The summed E-state index contributed by atoms with van der Waals surface area (Å²) < 4.78 is 0. The number of H-pyrrole nitrogens is 1. The predicted octanol–water partition coefficient (Wildman–Crippen LogP) is 2.97. The van der Waals surface area contributed by atoms with E-state index in [0.29, 0.717) is 16.5 Å². The van der Waals surface area contributed by atoms with Crippen molar-refractivity contribution < 1.29 is 0 Å². The van der Waals surface area contributed by atoms with Gasteiger partial charge in [-0.25, -0.2) is 5.10 Å². The van der Waals surface area contributed by atoms with E-state index in [9.17, 15) is 4.79 Å². The number of halogens is 1. The van der Waals surface area contributed by atoms with Gasteiger partial charge in [-0.3, -0.25) is 4.79 Å². The van der Waals surface area contributed by atoms with Gasteiger partial charge in [0.05, 0.1) is 11.3 Å². The molecule has 1 saturated carbocycles. The van der Waals surface area contributed by atoms with Gasteiger partial charge in [0.25, 0.3) is 5.56 Å². The van der Waals surface area contributed by atoms with E-state index >= 15 is 0 Å². The summed E-state index contributed by atoms with van der Waals surface area (Å²) in [4.78, 5) is 11.8. The maximum absolute atomic E-state index is 11.8. The molecule has 0 saturated heterocycles. The number of hydrogen-bond acceptors (Lipinski definition) is 2. The second-order valence-corrected chi connectivity index (χ2v) is 4.70. The summed E-state index contributed by atoms with van der Waals surface area (Å²) >= 11 is 6.11. The van der Waals surface area contributed by atoms with Gasteiger partial charge in [-0.15, -0.1) is 0 Å². The first-order chi connectivity index (χ1) is 8.25. The Labute approximate surface area is 103 Å². The van der Waals surface area contributed by atoms with Gasteiger partial charge in [-0.2, -0.15) is 5.10 Å². The van der Waals surface area contributed by atoms with Crippen molar-refractivity contribution in [1.29, 1.82) is 0 Å². The molecule has 1 aliphatic rings. The fraction of sp³-hybridized carbons (Fsp3) is 0.231. The average Bonchev–Trinajstić information content (AvgIpc) is 3.15. The van der Waals surface area contributed by atoms with Crippen LogP contribution >= 0.6 is 11.6 Å². The molecule has 1 aromatic heterocycles. The molecule has 86 valence electrons.